The highest BCUT2D eigenvalue weighted by molar-refractivity contribution is 5.79. The summed E-state index contributed by atoms with van der Waals surface area (Å²) in [6.07, 6.45) is -45.9. The van der Waals surface area contributed by atoms with E-state index in [-0.39, 0.29) is 34.0 Å². The van der Waals surface area contributed by atoms with E-state index in [4.69, 9.17) is 66.3 Å². The Morgan fingerprint density at radius 1 is 0.466 bits per heavy atom. The minimum atomic E-state index is -1.98. The van der Waals surface area contributed by atoms with Crippen LogP contribution in [0.2, 0.25) is 0 Å². The smallest absolute Gasteiger partial charge is 0.315 e. The standard InChI is InChI=1S/C69H112O34/c1-26-38(74)54(101-57-47(83)39(75)29(72)22-90-57)52(88)61(94-26)102-55-53(100-58-48(84)43(79)34(25-93-58)97-59-50(86)45(81)41(77)32(21-71)96-59)30(73)23-91-62(55)99-37-12-13-66(6)35(65(37,4)5)11-14-68(8)36(66)10-9-27-28-19-64(2,3)15-17-69(28,18-16-67(27,68)7)63(89)103-60-51(87)46(82)42(78)33(98-60)24-92-56-49(85)44(80)40(76)31(20-70)95-56/h9,26,28-62,70-88H,10-25H2,1-8H3/t26-,28+,29+,30-,31+,32+,33+,34+,35-,36+,37-,38-,39-,40+,41+,42+,43-,44-,45-,46-,47+,48+,49+,50+,51+,52+,53-,54+,55+,56+,57-,58-,59-,60-,61-,62-,66-,67+,68+,69-/m0/s1. The van der Waals surface area contributed by atoms with E-state index < -0.39 is 265 Å². The number of esters is 1. The fraction of sp³-hybridized carbons (Fsp3) is 0.957. The van der Waals surface area contributed by atoms with Crippen molar-refractivity contribution in [3.63, 3.8) is 0 Å². The van der Waals surface area contributed by atoms with Gasteiger partial charge in [0, 0.05) is 0 Å². The van der Waals surface area contributed by atoms with Crippen molar-refractivity contribution < 1.29 is 168 Å². The summed E-state index contributed by atoms with van der Waals surface area (Å²) in [5.41, 5.74) is -1.87. The third kappa shape index (κ3) is 14.3. The summed E-state index contributed by atoms with van der Waals surface area (Å²) in [6.45, 7) is 13.5. The highest BCUT2D eigenvalue weighted by Gasteiger charge is 2.71. The number of rotatable bonds is 17. The molecule has 5 aliphatic carbocycles. The van der Waals surface area contributed by atoms with Crippen molar-refractivity contribution in [3.8, 4) is 0 Å². The van der Waals surface area contributed by atoms with Gasteiger partial charge in [-0.1, -0.05) is 60.1 Å². The molecule has 0 aromatic rings. The number of hydrogen-bond acceptors (Lipinski definition) is 34. The Bertz CT molecular complexity index is 2910. The molecule has 12 rings (SSSR count). The number of fused-ring (bicyclic) bond motifs is 7. The molecule has 0 aromatic heterocycles. The zero-order chi connectivity index (χ0) is 74.9. The second kappa shape index (κ2) is 30.5. The lowest BCUT2D eigenvalue weighted by Crippen LogP contribution is -2.67. The molecule has 34 nitrogen and oxygen atoms in total. The monoisotopic (exact) mass is 1480 g/mol. The van der Waals surface area contributed by atoms with E-state index in [1.807, 2.05) is 0 Å². The van der Waals surface area contributed by atoms with Crippen molar-refractivity contribution in [3.05, 3.63) is 11.6 Å². The molecular formula is C69H112O34. The first kappa shape index (κ1) is 80.4. The van der Waals surface area contributed by atoms with Crippen LogP contribution in [0, 0.1) is 50.2 Å². The molecule has 7 aliphatic heterocycles. The summed E-state index contributed by atoms with van der Waals surface area (Å²) in [5.74, 6) is -0.838. The fourth-order valence-electron chi connectivity index (χ4n) is 19.9. The van der Waals surface area contributed by atoms with Gasteiger partial charge in [0.25, 0.3) is 0 Å². The average Bonchev–Trinajstić information content (AvgIpc) is 0.675. The minimum absolute atomic E-state index is 0.00406. The van der Waals surface area contributed by atoms with E-state index in [1.165, 1.54) is 12.5 Å². The van der Waals surface area contributed by atoms with Crippen molar-refractivity contribution in [1.82, 2.24) is 0 Å². The lowest BCUT2D eigenvalue weighted by molar-refractivity contribution is -0.394. The SMILES string of the molecule is C[C@@H]1O[C@@H](O[C@H]2[C@H](O[C@H]3CC[C@]4(C)[C@H]5CC=C6[C@H]7CC(C)(C)CC[C@]7(C(=O)O[C@@H]7O[C@H](CO[C@@H]8O[C@H](CO)[C@@H](O)[C@H](O)[C@H]8O)[C@@H](O)[C@H](O)[C@H]7O)CC[C@@]6(C)[C@]5(C)CC[C@H]4C3(C)C)OC[C@H](O)[C@@H]2O[C@@H]2OC[C@@H](O[C@@H]3O[C@H](CO)[C@@H](O)[C@H](O)[C@H]3O)[C@H](O)[C@H]2O)[C@H](O)[C@H](O[C@@H]2OC[C@@H](O)[C@H](O)[C@H]2O)[C@H]1O. The van der Waals surface area contributed by atoms with Gasteiger partial charge in [-0.15, -0.1) is 0 Å². The Morgan fingerprint density at radius 3 is 1.66 bits per heavy atom. The number of carbonyl (C=O) groups excluding carboxylic acids is 1. The van der Waals surface area contributed by atoms with E-state index >= 15 is 4.79 Å². The van der Waals surface area contributed by atoms with Crippen molar-refractivity contribution in [2.24, 2.45) is 50.2 Å². The van der Waals surface area contributed by atoms with Gasteiger partial charge in [0.2, 0.25) is 6.29 Å². The molecule has 11 fully saturated rings. The summed E-state index contributed by atoms with van der Waals surface area (Å²) in [6, 6.07) is 0. The molecule has 0 radical (unpaired) electrons. The zero-order valence-corrected chi connectivity index (χ0v) is 59.3. The van der Waals surface area contributed by atoms with Gasteiger partial charge in [-0.05, 0) is 116 Å². The molecule has 4 saturated carbocycles. The Hall–Kier alpha value is -2.07. The predicted octanol–water partition coefficient (Wildman–Crippen LogP) is -5.62. The van der Waals surface area contributed by atoms with Crippen molar-refractivity contribution in [2.75, 3.05) is 39.6 Å². The first-order valence-corrected chi connectivity index (χ1v) is 36.4. The molecular weight excluding hydrogens is 1370 g/mol. The predicted molar refractivity (Wildman–Crippen MR) is 341 cm³/mol. The Balaban J connectivity index is 0.774. The Morgan fingerprint density at radius 2 is 1.00 bits per heavy atom. The summed E-state index contributed by atoms with van der Waals surface area (Å²) >= 11 is 0. The minimum Gasteiger partial charge on any atom is -0.432 e. The maximum absolute atomic E-state index is 15.3. The first-order valence-electron chi connectivity index (χ1n) is 36.4. The third-order valence-electron chi connectivity index (χ3n) is 26.5. The Labute approximate surface area is 596 Å². The van der Waals surface area contributed by atoms with Crippen LogP contribution in [-0.2, 0) is 71.1 Å². The molecule has 103 heavy (non-hydrogen) atoms. The highest BCUT2D eigenvalue weighted by atomic mass is 16.8. The maximum Gasteiger partial charge on any atom is 0.315 e. The lowest BCUT2D eigenvalue weighted by atomic mass is 9.33. The van der Waals surface area contributed by atoms with Gasteiger partial charge in [0.1, 0.15) is 146 Å². The molecule has 0 unspecified atom stereocenters. The van der Waals surface area contributed by atoms with Crippen molar-refractivity contribution >= 4 is 5.97 Å². The second-order valence-electron chi connectivity index (χ2n) is 33.4. The molecule has 0 amide bonds. The third-order valence-corrected chi connectivity index (χ3v) is 26.5. The van der Waals surface area contributed by atoms with Crippen LogP contribution in [0.15, 0.2) is 11.6 Å². The van der Waals surface area contributed by atoms with Crippen LogP contribution in [0.3, 0.4) is 0 Å². The van der Waals surface area contributed by atoms with Crippen LogP contribution >= 0.6 is 0 Å². The normalized spacial score (nSPS) is 54.3. The summed E-state index contributed by atoms with van der Waals surface area (Å²) in [4.78, 5) is 15.3. The van der Waals surface area contributed by atoms with Crippen molar-refractivity contribution in [1.29, 1.82) is 0 Å². The molecule has 7 heterocycles. The number of aliphatic hydroxyl groups excluding tert-OH is 19. The maximum atomic E-state index is 15.3. The van der Waals surface area contributed by atoms with Crippen LogP contribution in [0.1, 0.15) is 120 Å². The van der Waals surface area contributed by atoms with Gasteiger partial charge in [-0.2, -0.15) is 0 Å². The largest absolute Gasteiger partial charge is 0.432 e. The molecule has 12 aliphatic rings. The van der Waals surface area contributed by atoms with Gasteiger partial charge in [-0.3, -0.25) is 4.79 Å². The Kier molecular flexibility index (Phi) is 23.9. The van der Waals surface area contributed by atoms with Crippen molar-refractivity contribution in [2.45, 2.75) is 322 Å². The lowest BCUT2D eigenvalue weighted by Gasteiger charge is -2.71. The first-order chi connectivity index (χ1) is 48.4. The molecule has 34 heteroatoms. The average molecular weight is 1490 g/mol. The quantitative estimate of drug-likeness (QED) is 0.0367. The number of ether oxygens (including phenoxy) is 14. The number of hydrogen-bond donors (Lipinski definition) is 19. The number of aliphatic hydroxyl groups is 19. The van der Waals surface area contributed by atoms with Crippen LogP contribution in [0.4, 0.5) is 0 Å². The molecule has 19 N–H and O–H groups in total. The summed E-state index contributed by atoms with van der Waals surface area (Å²) in [5, 5.41) is 206. The summed E-state index contributed by atoms with van der Waals surface area (Å²) < 4.78 is 84.5. The van der Waals surface area contributed by atoms with E-state index in [0.717, 1.165) is 12.8 Å². The van der Waals surface area contributed by atoms with Crippen LogP contribution < -0.4 is 0 Å². The van der Waals surface area contributed by atoms with Gasteiger partial charge in [0.15, 0.2) is 37.7 Å². The van der Waals surface area contributed by atoms with Crippen LogP contribution in [0.5, 0.6) is 0 Å². The van der Waals surface area contributed by atoms with E-state index in [9.17, 15) is 97.0 Å². The summed E-state index contributed by atoms with van der Waals surface area (Å²) in [7, 11) is 0. The van der Waals surface area contributed by atoms with E-state index in [0.29, 0.717) is 51.4 Å². The molecule has 0 spiro atoms. The molecule has 0 aromatic carbocycles. The van der Waals surface area contributed by atoms with E-state index in [2.05, 4.69) is 54.5 Å². The second-order valence-corrected chi connectivity index (χ2v) is 33.4. The fourth-order valence-corrected chi connectivity index (χ4v) is 19.9. The van der Waals surface area contributed by atoms with Gasteiger partial charge in [-0.25, -0.2) is 0 Å². The van der Waals surface area contributed by atoms with Gasteiger partial charge < -0.3 is 163 Å². The topological polar surface area (TPSA) is 531 Å². The van der Waals surface area contributed by atoms with Crippen LogP contribution in [0.25, 0.3) is 0 Å². The molecule has 592 valence electrons. The van der Waals surface area contributed by atoms with E-state index in [1.54, 1.807) is 0 Å². The molecule has 40 atom stereocenters. The molecule has 0 bridgehead atoms. The zero-order valence-electron chi connectivity index (χ0n) is 59.3. The van der Waals surface area contributed by atoms with Gasteiger partial charge in [0.05, 0.1) is 57.3 Å². The van der Waals surface area contributed by atoms with Crippen LogP contribution in [-0.4, -0.2) is 345 Å². The number of carbonyl (C=O) groups is 1. The highest BCUT2D eigenvalue weighted by Crippen LogP contribution is 2.76. The molecule has 7 saturated heterocycles. The number of allylic oxidation sites excluding steroid dienone is 2. The van der Waals surface area contributed by atoms with Gasteiger partial charge >= 0.3 is 5.97 Å².